The maximum Gasteiger partial charge on any atom is 0.261 e. The van der Waals surface area contributed by atoms with Crippen molar-refractivity contribution in [2.45, 2.75) is 26.0 Å². The Balaban J connectivity index is 1.91. The molecule has 2 aromatic carbocycles. The smallest absolute Gasteiger partial charge is 0.261 e. The predicted molar refractivity (Wildman–Crippen MR) is 84.4 cm³/mol. The number of nitrogens with one attached hydrogen (secondary N) is 1. The molecule has 1 amide bonds. The maximum absolute atomic E-state index is 12.8. The standard InChI is InChI=1S/C17H17ClFNO2/c1-2-16(22-15-9-5-13(18)6-10-15)17(21)20-11-12-3-7-14(19)8-4-12/h3-10,16H,2,11H2,1H3,(H,20,21)/t16-/m0/s1. The molecule has 2 rings (SSSR count). The highest BCUT2D eigenvalue weighted by molar-refractivity contribution is 6.30. The molecule has 2 aromatic rings. The van der Waals surface area contributed by atoms with Crippen LogP contribution in [0.15, 0.2) is 48.5 Å². The van der Waals surface area contributed by atoms with E-state index < -0.39 is 6.10 Å². The third-order valence-electron chi connectivity index (χ3n) is 3.14. The summed E-state index contributed by atoms with van der Waals surface area (Å²) in [4.78, 5) is 12.1. The van der Waals surface area contributed by atoms with Crippen LogP contribution < -0.4 is 10.1 Å². The van der Waals surface area contributed by atoms with Crippen molar-refractivity contribution in [2.24, 2.45) is 0 Å². The number of ether oxygens (including phenoxy) is 1. The zero-order valence-corrected chi connectivity index (χ0v) is 12.9. The van der Waals surface area contributed by atoms with Crippen molar-refractivity contribution in [3.05, 3.63) is 64.9 Å². The molecule has 0 aliphatic heterocycles. The number of hydrogen-bond acceptors (Lipinski definition) is 2. The van der Waals surface area contributed by atoms with Gasteiger partial charge in [-0.25, -0.2) is 4.39 Å². The molecule has 22 heavy (non-hydrogen) atoms. The molecule has 1 N–H and O–H groups in total. The van der Waals surface area contributed by atoms with Crippen molar-refractivity contribution in [3.8, 4) is 5.75 Å². The van der Waals surface area contributed by atoms with Crippen LogP contribution in [0.3, 0.4) is 0 Å². The van der Waals surface area contributed by atoms with E-state index >= 15 is 0 Å². The summed E-state index contributed by atoms with van der Waals surface area (Å²) < 4.78 is 18.5. The molecular weight excluding hydrogens is 305 g/mol. The van der Waals surface area contributed by atoms with Gasteiger partial charge in [0.05, 0.1) is 0 Å². The molecule has 5 heteroatoms. The van der Waals surface area contributed by atoms with E-state index in [0.29, 0.717) is 23.7 Å². The van der Waals surface area contributed by atoms with Crippen LogP contribution in [0.25, 0.3) is 0 Å². The first kappa shape index (κ1) is 16.3. The van der Waals surface area contributed by atoms with Gasteiger partial charge in [0, 0.05) is 11.6 Å². The topological polar surface area (TPSA) is 38.3 Å². The van der Waals surface area contributed by atoms with Gasteiger partial charge in [-0.2, -0.15) is 0 Å². The zero-order chi connectivity index (χ0) is 15.9. The second-order valence-electron chi connectivity index (χ2n) is 4.81. The van der Waals surface area contributed by atoms with E-state index in [9.17, 15) is 9.18 Å². The molecule has 0 saturated heterocycles. The van der Waals surface area contributed by atoms with Gasteiger partial charge >= 0.3 is 0 Å². The van der Waals surface area contributed by atoms with Crippen LogP contribution >= 0.6 is 11.6 Å². The van der Waals surface area contributed by atoms with Gasteiger partial charge in [0.15, 0.2) is 6.10 Å². The van der Waals surface area contributed by atoms with Crippen molar-refractivity contribution >= 4 is 17.5 Å². The first-order chi connectivity index (χ1) is 10.6. The summed E-state index contributed by atoms with van der Waals surface area (Å²) in [6.07, 6.45) is -0.0423. The van der Waals surface area contributed by atoms with E-state index in [4.69, 9.17) is 16.3 Å². The third kappa shape index (κ3) is 4.74. The maximum atomic E-state index is 12.8. The first-order valence-electron chi connectivity index (χ1n) is 7.03. The van der Waals surface area contributed by atoms with Gasteiger partial charge in [-0.05, 0) is 48.4 Å². The lowest BCUT2D eigenvalue weighted by molar-refractivity contribution is -0.128. The Morgan fingerprint density at radius 3 is 2.41 bits per heavy atom. The Morgan fingerprint density at radius 2 is 1.82 bits per heavy atom. The molecular formula is C17H17ClFNO2. The van der Waals surface area contributed by atoms with E-state index in [1.54, 1.807) is 36.4 Å². The molecule has 0 aliphatic carbocycles. The molecule has 0 saturated carbocycles. The Labute approximate surface area is 134 Å². The highest BCUT2D eigenvalue weighted by Gasteiger charge is 2.17. The van der Waals surface area contributed by atoms with E-state index in [1.807, 2.05) is 6.92 Å². The minimum atomic E-state index is -0.582. The second-order valence-corrected chi connectivity index (χ2v) is 5.25. The molecule has 0 aromatic heterocycles. The van der Waals surface area contributed by atoms with Gasteiger partial charge in [-0.1, -0.05) is 30.7 Å². The molecule has 0 fully saturated rings. The molecule has 0 bridgehead atoms. The van der Waals surface area contributed by atoms with Gasteiger partial charge in [0.25, 0.3) is 5.91 Å². The van der Waals surface area contributed by atoms with E-state index in [-0.39, 0.29) is 11.7 Å². The van der Waals surface area contributed by atoms with E-state index in [0.717, 1.165) is 5.56 Å². The summed E-state index contributed by atoms with van der Waals surface area (Å²) >= 11 is 5.81. The number of benzene rings is 2. The fourth-order valence-electron chi connectivity index (χ4n) is 1.90. The number of amides is 1. The quantitative estimate of drug-likeness (QED) is 0.874. The lowest BCUT2D eigenvalue weighted by Crippen LogP contribution is -2.37. The summed E-state index contributed by atoms with van der Waals surface area (Å²) in [5.74, 6) is 0.0857. The molecule has 0 heterocycles. The lowest BCUT2D eigenvalue weighted by Gasteiger charge is -2.17. The average molecular weight is 322 g/mol. The van der Waals surface area contributed by atoms with Gasteiger partial charge in [-0.15, -0.1) is 0 Å². The third-order valence-corrected chi connectivity index (χ3v) is 3.39. The largest absolute Gasteiger partial charge is 0.481 e. The van der Waals surface area contributed by atoms with Gasteiger partial charge in [-0.3, -0.25) is 4.79 Å². The average Bonchev–Trinajstić information content (AvgIpc) is 2.53. The van der Waals surface area contributed by atoms with Crippen LogP contribution in [0.1, 0.15) is 18.9 Å². The normalized spacial score (nSPS) is 11.8. The minimum Gasteiger partial charge on any atom is -0.481 e. The number of hydrogen-bond donors (Lipinski definition) is 1. The van der Waals surface area contributed by atoms with Crippen LogP contribution in [0.2, 0.25) is 5.02 Å². The highest BCUT2D eigenvalue weighted by Crippen LogP contribution is 2.17. The molecule has 0 spiro atoms. The number of carbonyl (C=O) groups is 1. The fraction of sp³-hybridized carbons (Fsp3) is 0.235. The Bertz CT molecular complexity index is 614. The molecule has 116 valence electrons. The summed E-state index contributed by atoms with van der Waals surface area (Å²) in [6, 6.07) is 12.9. The van der Waals surface area contributed by atoms with Crippen LogP contribution in [-0.4, -0.2) is 12.0 Å². The summed E-state index contributed by atoms with van der Waals surface area (Å²) in [5, 5.41) is 3.40. The molecule has 0 unspecified atom stereocenters. The Morgan fingerprint density at radius 1 is 1.18 bits per heavy atom. The summed E-state index contributed by atoms with van der Waals surface area (Å²) in [6.45, 7) is 2.21. The molecule has 3 nitrogen and oxygen atoms in total. The highest BCUT2D eigenvalue weighted by atomic mass is 35.5. The van der Waals surface area contributed by atoms with Crippen LogP contribution in [0.4, 0.5) is 4.39 Å². The fourth-order valence-corrected chi connectivity index (χ4v) is 2.03. The van der Waals surface area contributed by atoms with E-state index in [1.165, 1.54) is 12.1 Å². The second kappa shape index (κ2) is 7.80. The van der Waals surface area contributed by atoms with Crippen molar-refractivity contribution in [2.75, 3.05) is 0 Å². The zero-order valence-electron chi connectivity index (χ0n) is 12.2. The summed E-state index contributed by atoms with van der Waals surface area (Å²) in [5.41, 5.74) is 0.830. The number of rotatable bonds is 6. The first-order valence-corrected chi connectivity index (χ1v) is 7.40. The van der Waals surface area contributed by atoms with Crippen molar-refractivity contribution in [1.29, 1.82) is 0 Å². The van der Waals surface area contributed by atoms with Gasteiger partial charge < -0.3 is 10.1 Å². The van der Waals surface area contributed by atoms with Crippen molar-refractivity contribution < 1.29 is 13.9 Å². The Kier molecular flexibility index (Phi) is 5.78. The van der Waals surface area contributed by atoms with Crippen LogP contribution in [-0.2, 0) is 11.3 Å². The monoisotopic (exact) mass is 321 g/mol. The number of halogens is 2. The Hall–Kier alpha value is -2.07. The molecule has 0 radical (unpaired) electrons. The van der Waals surface area contributed by atoms with Gasteiger partial charge in [0.2, 0.25) is 0 Å². The molecule has 0 aliphatic rings. The summed E-state index contributed by atoms with van der Waals surface area (Å²) in [7, 11) is 0. The van der Waals surface area contributed by atoms with Crippen LogP contribution in [0.5, 0.6) is 5.75 Å². The number of carbonyl (C=O) groups excluding carboxylic acids is 1. The minimum absolute atomic E-state index is 0.207. The van der Waals surface area contributed by atoms with E-state index in [2.05, 4.69) is 5.32 Å². The molecule has 1 atom stereocenters. The SMILES string of the molecule is CC[C@H](Oc1ccc(Cl)cc1)C(=O)NCc1ccc(F)cc1. The lowest BCUT2D eigenvalue weighted by atomic mass is 10.2. The van der Waals surface area contributed by atoms with Crippen molar-refractivity contribution in [3.63, 3.8) is 0 Å². The predicted octanol–water partition coefficient (Wildman–Crippen LogP) is 3.95. The van der Waals surface area contributed by atoms with Crippen molar-refractivity contribution in [1.82, 2.24) is 5.32 Å². The van der Waals surface area contributed by atoms with Gasteiger partial charge in [0.1, 0.15) is 11.6 Å². The van der Waals surface area contributed by atoms with Crippen LogP contribution in [0, 0.1) is 5.82 Å².